The number of anilines is 1. The van der Waals surface area contributed by atoms with Gasteiger partial charge < -0.3 is 9.64 Å². The molecule has 170 valence electrons. The number of hydrogen-bond acceptors (Lipinski definition) is 6. The second-order valence-electron chi connectivity index (χ2n) is 7.49. The van der Waals surface area contributed by atoms with Gasteiger partial charge in [0.2, 0.25) is 0 Å². The molecular weight excluding hydrogens is 444 g/mol. The van der Waals surface area contributed by atoms with E-state index in [0.29, 0.717) is 31.3 Å². The normalized spacial score (nSPS) is 15.6. The van der Waals surface area contributed by atoms with Crippen LogP contribution in [0.1, 0.15) is 22.7 Å². The zero-order valence-electron chi connectivity index (χ0n) is 17.2. The summed E-state index contributed by atoms with van der Waals surface area (Å²) in [5, 5.41) is 2.85. The zero-order valence-corrected chi connectivity index (χ0v) is 18.0. The second kappa shape index (κ2) is 9.83. The average molecular weight is 467 g/mol. The van der Waals surface area contributed by atoms with E-state index in [1.165, 1.54) is 29.5 Å². The number of pyridine rings is 1. The van der Waals surface area contributed by atoms with Gasteiger partial charge in [0.1, 0.15) is 29.0 Å². The van der Waals surface area contributed by atoms with Gasteiger partial charge in [-0.2, -0.15) is 13.2 Å². The fraction of sp³-hybridized carbons (Fsp3) is 0.364. The third-order valence-electron chi connectivity index (χ3n) is 5.15. The molecule has 1 aliphatic rings. The van der Waals surface area contributed by atoms with E-state index < -0.39 is 11.7 Å². The van der Waals surface area contributed by atoms with Gasteiger partial charge >= 0.3 is 6.18 Å². The number of ether oxygens (including phenoxy) is 1. The lowest BCUT2D eigenvalue weighted by Crippen LogP contribution is -2.31. The number of aromatic nitrogens is 2. The third-order valence-corrected chi connectivity index (χ3v) is 6.02. The van der Waals surface area contributed by atoms with Crippen molar-refractivity contribution >= 4 is 17.2 Å². The molecule has 1 aliphatic heterocycles. The van der Waals surface area contributed by atoms with Crippen LogP contribution in [0.15, 0.2) is 48.0 Å². The molecule has 1 saturated heterocycles. The fourth-order valence-electron chi connectivity index (χ4n) is 3.49. The first-order chi connectivity index (χ1) is 15.4. The van der Waals surface area contributed by atoms with Crippen molar-refractivity contribution in [1.82, 2.24) is 14.9 Å². The Balaban J connectivity index is 1.28. The van der Waals surface area contributed by atoms with Gasteiger partial charge in [0, 0.05) is 44.3 Å². The molecule has 1 aromatic carbocycles. The van der Waals surface area contributed by atoms with Gasteiger partial charge in [0.15, 0.2) is 0 Å². The van der Waals surface area contributed by atoms with E-state index >= 15 is 0 Å². The van der Waals surface area contributed by atoms with Gasteiger partial charge in [-0.25, -0.2) is 14.4 Å². The van der Waals surface area contributed by atoms with Crippen molar-refractivity contribution < 1.29 is 22.3 Å². The first-order valence-corrected chi connectivity index (χ1v) is 11.1. The molecule has 0 radical (unpaired) electrons. The van der Waals surface area contributed by atoms with Gasteiger partial charge in [-0.1, -0.05) is 0 Å². The van der Waals surface area contributed by atoms with Gasteiger partial charge in [0.05, 0.1) is 11.3 Å². The number of alkyl halides is 3. The van der Waals surface area contributed by atoms with Gasteiger partial charge in [-0.3, -0.25) is 4.90 Å². The predicted molar refractivity (Wildman–Crippen MR) is 114 cm³/mol. The average Bonchev–Trinajstić information content (AvgIpc) is 3.09. The number of benzene rings is 1. The molecule has 0 unspecified atom stereocenters. The van der Waals surface area contributed by atoms with E-state index in [2.05, 4.69) is 14.9 Å². The Morgan fingerprint density at radius 3 is 2.53 bits per heavy atom. The standard InChI is InChI=1S/C22H22F4N4OS/c23-17-3-5-19(6-4-17)31-14-21-28-18(15-32-21)13-29-8-1-9-30(11-10-29)20-7-2-16(12-27-20)22(24,25)26/h2-7,12,15H,1,8-11,13-14H2. The van der Waals surface area contributed by atoms with E-state index in [1.54, 1.807) is 12.1 Å². The molecule has 0 saturated carbocycles. The second-order valence-corrected chi connectivity index (χ2v) is 8.44. The molecule has 1 fully saturated rings. The summed E-state index contributed by atoms with van der Waals surface area (Å²) in [6.07, 6.45) is -2.60. The summed E-state index contributed by atoms with van der Waals surface area (Å²) in [7, 11) is 0. The predicted octanol–water partition coefficient (Wildman–Crippen LogP) is 4.99. The molecular formula is C22H22F4N4OS. The fourth-order valence-corrected chi connectivity index (χ4v) is 4.19. The summed E-state index contributed by atoms with van der Waals surface area (Å²) in [6, 6.07) is 8.38. The topological polar surface area (TPSA) is 41.5 Å². The van der Waals surface area contributed by atoms with E-state index in [0.717, 1.165) is 49.0 Å². The van der Waals surface area contributed by atoms with Gasteiger partial charge in [0.25, 0.3) is 0 Å². The smallest absolute Gasteiger partial charge is 0.417 e. The number of hydrogen-bond donors (Lipinski definition) is 0. The van der Waals surface area contributed by atoms with Gasteiger partial charge in [-0.05, 0) is 42.8 Å². The van der Waals surface area contributed by atoms with Crippen molar-refractivity contribution in [3.05, 3.63) is 70.1 Å². The Morgan fingerprint density at radius 1 is 1.00 bits per heavy atom. The van der Waals surface area contributed by atoms with Crippen LogP contribution in [0.5, 0.6) is 5.75 Å². The van der Waals surface area contributed by atoms with Crippen LogP contribution in [-0.4, -0.2) is 41.0 Å². The zero-order chi connectivity index (χ0) is 22.6. The Kier molecular flexibility index (Phi) is 6.90. The molecule has 32 heavy (non-hydrogen) atoms. The highest BCUT2D eigenvalue weighted by atomic mass is 32.1. The highest BCUT2D eigenvalue weighted by Gasteiger charge is 2.31. The highest BCUT2D eigenvalue weighted by Crippen LogP contribution is 2.29. The van der Waals surface area contributed by atoms with Crippen molar-refractivity contribution in [3.63, 3.8) is 0 Å². The molecule has 4 rings (SSSR count). The van der Waals surface area contributed by atoms with Crippen LogP contribution in [-0.2, 0) is 19.3 Å². The van der Waals surface area contributed by atoms with Crippen LogP contribution in [0, 0.1) is 5.82 Å². The van der Waals surface area contributed by atoms with Crippen LogP contribution in [0.3, 0.4) is 0 Å². The Bertz CT molecular complexity index is 1010. The monoisotopic (exact) mass is 466 g/mol. The largest absolute Gasteiger partial charge is 0.486 e. The summed E-state index contributed by atoms with van der Waals surface area (Å²) in [4.78, 5) is 12.9. The molecule has 3 heterocycles. The molecule has 0 N–H and O–H groups in total. The third kappa shape index (κ3) is 5.95. The molecule has 0 aliphatic carbocycles. The minimum absolute atomic E-state index is 0.306. The van der Waals surface area contributed by atoms with Crippen LogP contribution in [0.2, 0.25) is 0 Å². The molecule has 10 heteroatoms. The van der Waals surface area contributed by atoms with Crippen molar-refractivity contribution in [2.24, 2.45) is 0 Å². The number of rotatable bonds is 6. The van der Waals surface area contributed by atoms with Crippen molar-refractivity contribution in [2.75, 3.05) is 31.1 Å². The number of halogens is 4. The maximum atomic E-state index is 13.0. The van der Waals surface area contributed by atoms with E-state index in [4.69, 9.17) is 4.74 Å². The molecule has 0 spiro atoms. The Labute approximate surface area is 187 Å². The first-order valence-electron chi connectivity index (χ1n) is 10.2. The number of thiazole rings is 1. The molecule has 3 aromatic rings. The van der Waals surface area contributed by atoms with Crippen LogP contribution >= 0.6 is 11.3 Å². The van der Waals surface area contributed by atoms with Crippen LogP contribution < -0.4 is 9.64 Å². The summed E-state index contributed by atoms with van der Waals surface area (Å²) < 4.78 is 56.9. The SMILES string of the molecule is Fc1ccc(OCc2nc(CN3CCCN(c4ccc(C(F)(F)F)cn4)CC3)cs2)cc1. The van der Waals surface area contributed by atoms with Crippen LogP contribution in [0.4, 0.5) is 23.4 Å². The maximum absolute atomic E-state index is 13.0. The van der Waals surface area contributed by atoms with E-state index in [-0.39, 0.29) is 5.82 Å². The lowest BCUT2D eigenvalue weighted by Gasteiger charge is -2.22. The molecule has 0 bridgehead atoms. The summed E-state index contributed by atoms with van der Waals surface area (Å²) in [5.74, 6) is 0.848. The summed E-state index contributed by atoms with van der Waals surface area (Å²) in [5.41, 5.74) is 0.217. The van der Waals surface area contributed by atoms with Crippen molar-refractivity contribution in [2.45, 2.75) is 25.7 Å². The molecule has 0 amide bonds. The highest BCUT2D eigenvalue weighted by molar-refractivity contribution is 7.09. The molecule has 5 nitrogen and oxygen atoms in total. The summed E-state index contributed by atoms with van der Waals surface area (Å²) in [6.45, 7) is 4.08. The molecule has 2 aromatic heterocycles. The lowest BCUT2D eigenvalue weighted by molar-refractivity contribution is -0.137. The Hall–Kier alpha value is -2.72. The van der Waals surface area contributed by atoms with Crippen molar-refractivity contribution in [3.8, 4) is 5.75 Å². The quantitative estimate of drug-likeness (QED) is 0.479. The molecule has 0 atom stereocenters. The summed E-state index contributed by atoms with van der Waals surface area (Å²) >= 11 is 1.52. The van der Waals surface area contributed by atoms with E-state index in [9.17, 15) is 17.6 Å². The van der Waals surface area contributed by atoms with Gasteiger partial charge in [-0.15, -0.1) is 11.3 Å². The Morgan fingerprint density at radius 2 is 1.81 bits per heavy atom. The minimum atomic E-state index is -4.38. The maximum Gasteiger partial charge on any atom is 0.417 e. The van der Waals surface area contributed by atoms with Crippen molar-refractivity contribution in [1.29, 1.82) is 0 Å². The lowest BCUT2D eigenvalue weighted by atomic mass is 10.2. The van der Waals surface area contributed by atoms with Crippen LogP contribution in [0.25, 0.3) is 0 Å². The number of nitrogens with zero attached hydrogens (tertiary/aromatic N) is 4. The first kappa shape index (κ1) is 22.5. The van der Waals surface area contributed by atoms with E-state index in [1.807, 2.05) is 10.3 Å². The minimum Gasteiger partial charge on any atom is -0.486 e.